The first kappa shape index (κ1) is 35.4. The number of benzene rings is 6. The fourth-order valence-electron chi connectivity index (χ4n) is 5.62. The van der Waals surface area contributed by atoms with E-state index in [2.05, 4.69) is 20.9 Å². The zero-order valence-electron chi connectivity index (χ0n) is 28.0. The van der Waals surface area contributed by atoms with Crippen LogP contribution in [0.15, 0.2) is 168 Å². The van der Waals surface area contributed by atoms with E-state index in [1.165, 1.54) is 23.1 Å². The van der Waals surface area contributed by atoms with Crippen molar-refractivity contribution >= 4 is 80.1 Å². The van der Waals surface area contributed by atoms with Crippen LogP contribution in [0, 0.1) is 0 Å². The quantitative estimate of drug-likeness (QED) is 0.0903. The average Bonchev–Trinajstić information content (AvgIpc) is 3.66. The minimum atomic E-state index is -0.590. The van der Waals surface area contributed by atoms with Gasteiger partial charge in [-0.3, -0.25) is 14.4 Å². The van der Waals surface area contributed by atoms with Crippen molar-refractivity contribution in [2.45, 2.75) is 10.1 Å². The Bertz CT molecular complexity index is 2430. The first-order valence-electron chi connectivity index (χ1n) is 16.6. The predicted octanol–water partition coefficient (Wildman–Crippen LogP) is 10.5. The number of hydrogen-bond acceptors (Lipinski definition) is 6. The second kappa shape index (κ2) is 16.6. The summed E-state index contributed by atoms with van der Waals surface area (Å²) in [6.45, 7) is 0. The molecule has 0 spiro atoms. The Morgan fingerprint density at radius 1 is 0.717 bits per heavy atom. The molecule has 10 heteroatoms. The normalized spacial score (nSPS) is 11.8. The summed E-state index contributed by atoms with van der Waals surface area (Å²) in [5, 5.41) is 13.0. The number of thiazole rings is 1. The smallest absolute Gasteiger partial charge is 0.272 e. The second-order valence-corrected chi connectivity index (χ2v) is 14.3. The molecule has 0 aliphatic carbocycles. The van der Waals surface area contributed by atoms with Gasteiger partial charge in [0.05, 0.1) is 5.69 Å². The van der Waals surface area contributed by atoms with E-state index in [1.807, 2.05) is 115 Å². The van der Waals surface area contributed by atoms with Crippen LogP contribution in [0.25, 0.3) is 28.1 Å². The summed E-state index contributed by atoms with van der Waals surface area (Å²) < 4.78 is 0. The Morgan fingerprint density at radius 2 is 1.40 bits per heavy atom. The van der Waals surface area contributed by atoms with Crippen LogP contribution >= 0.6 is 34.7 Å². The molecule has 0 radical (unpaired) electrons. The monoisotopic (exact) mass is 750 g/mol. The van der Waals surface area contributed by atoms with Gasteiger partial charge in [-0.1, -0.05) is 121 Å². The molecule has 0 aliphatic heterocycles. The molecule has 7 rings (SSSR count). The van der Waals surface area contributed by atoms with Gasteiger partial charge in [0.15, 0.2) is 5.13 Å². The molecule has 1 atom stereocenters. The maximum Gasteiger partial charge on any atom is 0.272 e. The molecule has 0 aliphatic rings. The summed E-state index contributed by atoms with van der Waals surface area (Å²) in [5.41, 5.74) is 4.14. The first-order valence-corrected chi connectivity index (χ1v) is 18.8. The molecular weight excluding hydrogens is 720 g/mol. The highest BCUT2D eigenvalue weighted by Crippen LogP contribution is 2.38. The molecule has 1 aromatic heterocycles. The van der Waals surface area contributed by atoms with Crippen molar-refractivity contribution in [2.75, 3.05) is 10.6 Å². The molecule has 6 aromatic carbocycles. The van der Waals surface area contributed by atoms with Gasteiger partial charge in [0, 0.05) is 32.1 Å². The number of carbonyl (C=O) groups excluding carboxylic acids is 3. The van der Waals surface area contributed by atoms with E-state index in [0.717, 1.165) is 32.4 Å². The van der Waals surface area contributed by atoms with Crippen molar-refractivity contribution in [3.8, 4) is 11.3 Å². The van der Waals surface area contributed by atoms with Crippen LogP contribution in [0.4, 0.5) is 10.8 Å². The average molecular weight is 751 g/mol. The zero-order valence-corrected chi connectivity index (χ0v) is 30.4. The number of nitrogens with zero attached hydrogens (tertiary/aromatic N) is 1. The lowest BCUT2D eigenvalue weighted by Gasteiger charge is -2.17. The van der Waals surface area contributed by atoms with Crippen molar-refractivity contribution in [2.24, 2.45) is 0 Å². The molecule has 260 valence electrons. The van der Waals surface area contributed by atoms with Gasteiger partial charge >= 0.3 is 0 Å². The number of thioether (sulfide) groups is 1. The van der Waals surface area contributed by atoms with Crippen LogP contribution < -0.4 is 16.0 Å². The number of aromatic nitrogens is 1. The zero-order chi connectivity index (χ0) is 36.6. The number of fused-ring (bicyclic) bond motifs is 1. The number of carbonyl (C=O) groups is 3. The molecule has 3 amide bonds. The summed E-state index contributed by atoms with van der Waals surface area (Å²) in [6.07, 6.45) is 1.69. The standard InChI is InChI=1S/C43H31ClN4O3S2/c44-36-21-10-9-20-35(36)38-27-52-43(47-38)48-42(51)39(29-13-3-1-4-14-29)53-33-24-22-32(23-25-33)45-41(50)37(46-40(49)30-15-5-2-6-16-30)26-31-18-11-17-28-12-7-8-19-34(28)31/h1-27,39H,(H,45,50)(H,46,49)(H,47,48,51)/b37-26-. The molecule has 0 fully saturated rings. The van der Waals surface area contributed by atoms with Crippen LogP contribution in [0.3, 0.4) is 0 Å². The topological polar surface area (TPSA) is 100 Å². The van der Waals surface area contributed by atoms with Gasteiger partial charge in [0.1, 0.15) is 10.9 Å². The minimum Gasteiger partial charge on any atom is -0.321 e. The molecule has 3 N–H and O–H groups in total. The Kier molecular flexibility index (Phi) is 11.1. The van der Waals surface area contributed by atoms with Gasteiger partial charge in [-0.2, -0.15) is 0 Å². The van der Waals surface area contributed by atoms with E-state index in [-0.39, 0.29) is 11.6 Å². The van der Waals surface area contributed by atoms with Gasteiger partial charge in [0.25, 0.3) is 11.8 Å². The Hall–Kier alpha value is -6.00. The van der Waals surface area contributed by atoms with Crippen LogP contribution in [0.1, 0.15) is 26.7 Å². The predicted molar refractivity (Wildman–Crippen MR) is 217 cm³/mol. The summed E-state index contributed by atoms with van der Waals surface area (Å²) in [4.78, 5) is 46.2. The summed E-state index contributed by atoms with van der Waals surface area (Å²) in [5.74, 6) is -1.11. The third-order valence-electron chi connectivity index (χ3n) is 8.24. The number of rotatable bonds is 11. The van der Waals surface area contributed by atoms with E-state index < -0.39 is 17.1 Å². The van der Waals surface area contributed by atoms with Crippen molar-refractivity contribution in [3.05, 3.63) is 184 Å². The molecule has 1 heterocycles. The van der Waals surface area contributed by atoms with Crippen LogP contribution in [-0.2, 0) is 9.59 Å². The lowest BCUT2D eigenvalue weighted by Crippen LogP contribution is -2.30. The van der Waals surface area contributed by atoms with Gasteiger partial charge in [-0.05, 0) is 70.4 Å². The molecule has 0 saturated carbocycles. The maximum atomic E-state index is 13.8. The van der Waals surface area contributed by atoms with Crippen LogP contribution in [0.5, 0.6) is 0 Å². The Morgan fingerprint density at radius 3 is 2.17 bits per heavy atom. The van der Waals surface area contributed by atoms with E-state index in [0.29, 0.717) is 27.1 Å². The van der Waals surface area contributed by atoms with Crippen LogP contribution in [-0.4, -0.2) is 22.7 Å². The number of amides is 3. The number of anilines is 2. The van der Waals surface area contributed by atoms with Gasteiger partial charge < -0.3 is 16.0 Å². The first-order chi connectivity index (χ1) is 25.9. The molecule has 0 bridgehead atoms. The Labute approximate surface area is 319 Å². The van der Waals surface area contributed by atoms with E-state index in [1.54, 1.807) is 48.5 Å². The lowest BCUT2D eigenvalue weighted by atomic mass is 10.0. The van der Waals surface area contributed by atoms with Gasteiger partial charge in [-0.15, -0.1) is 23.1 Å². The molecule has 0 saturated heterocycles. The highest BCUT2D eigenvalue weighted by Gasteiger charge is 2.24. The molecular formula is C43H31ClN4O3S2. The molecule has 7 nitrogen and oxygen atoms in total. The van der Waals surface area contributed by atoms with E-state index in [9.17, 15) is 14.4 Å². The largest absolute Gasteiger partial charge is 0.321 e. The minimum absolute atomic E-state index is 0.0920. The molecule has 7 aromatic rings. The second-order valence-electron chi connectivity index (χ2n) is 11.8. The van der Waals surface area contributed by atoms with Gasteiger partial charge in [0.2, 0.25) is 5.91 Å². The Balaban J connectivity index is 1.09. The SMILES string of the molecule is O=C(Nc1ccc(SC(C(=O)Nc2nc(-c3ccccc3Cl)cs2)c2ccccc2)cc1)/C(=C/c1cccc2ccccc12)NC(=O)c1ccccc1. The summed E-state index contributed by atoms with van der Waals surface area (Å²) in [7, 11) is 0. The third kappa shape index (κ3) is 8.73. The third-order valence-corrected chi connectivity index (χ3v) is 10.6. The summed E-state index contributed by atoms with van der Waals surface area (Å²) >= 11 is 9.09. The van der Waals surface area contributed by atoms with Gasteiger partial charge in [-0.25, -0.2) is 4.98 Å². The van der Waals surface area contributed by atoms with E-state index >= 15 is 0 Å². The summed E-state index contributed by atoms with van der Waals surface area (Å²) in [6, 6.07) is 46.6. The fourth-order valence-corrected chi connectivity index (χ4v) is 7.59. The molecule has 1 unspecified atom stereocenters. The highest BCUT2D eigenvalue weighted by atomic mass is 35.5. The maximum absolute atomic E-state index is 13.8. The fraction of sp³-hybridized carbons (Fsp3) is 0.0233. The van der Waals surface area contributed by atoms with E-state index in [4.69, 9.17) is 11.6 Å². The van der Waals surface area contributed by atoms with Crippen LogP contribution in [0.2, 0.25) is 5.02 Å². The number of hydrogen-bond donors (Lipinski definition) is 3. The van der Waals surface area contributed by atoms with Crippen molar-refractivity contribution in [3.63, 3.8) is 0 Å². The number of halogens is 1. The lowest BCUT2D eigenvalue weighted by molar-refractivity contribution is -0.116. The molecule has 53 heavy (non-hydrogen) atoms. The highest BCUT2D eigenvalue weighted by molar-refractivity contribution is 8.00. The van der Waals surface area contributed by atoms with Crippen molar-refractivity contribution in [1.29, 1.82) is 0 Å². The number of nitrogens with one attached hydrogen (secondary N) is 3. The van der Waals surface area contributed by atoms with Crippen molar-refractivity contribution in [1.82, 2.24) is 10.3 Å². The van der Waals surface area contributed by atoms with Crippen molar-refractivity contribution < 1.29 is 14.4 Å².